The molecule has 0 aliphatic rings. The zero-order valence-electron chi connectivity index (χ0n) is 26.1. The van der Waals surface area contributed by atoms with E-state index in [9.17, 15) is 28.7 Å². The number of H-pyrrole nitrogens is 2. The van der Waals surface area contributed by atoms with Crippen LogP contribution in [0.4, 0.5) is 4.39 Å². The molecule has 0 unspecified atom stereocenters. The van der Waals surface area contributed by atoms with E-state index in [1.807, 2.05) is 54.6 Å². The molecule has 0 saturated carbocycles. The molecule has 5 aromatic rings. The molecule has 0 saturated heterocycles. The SMILES string of the molecule is O=C(CCC(=O)c1ccc(F)cc1)N[C@@H](Cc1c[nH]c2ccccc12)C(=O)N[C@@H](CN[C@@H](Cc1cnc[nH]1)C(=O)O)Cc1ccccc1. The molecule has 3 atom stereocenters. The number of aliphatic carboxylic acids is 1. The number of para-hydroxylation sites is 1. The van der Waals surface area contributed by atoms with Crippen LogP contribution in [0.15, 0.2) is 97.6 Å². The number of halogens is 1. The third-order valence-electron chi connectivity index (χ3n) is 8.05. The molecule has 5 rings (SSSR count). The minimum atomic E-state index is -1.05. The van der Waals surface area contributed by atoms with Crippen molar-refractivity contribution in [3.05, 3.63) is 126 Å². The number of hydrogen-bond donors (Lipinski definition) is 6. The van der Waals surface area contributed by atoms with Crippen molar-refractivity contribution in [2.75, 3.05) is 6.54 Å². The molecule has 0 radical (unpaired) electrons. The molecule has 248 valence electrons. The van der Waals surface area contributed by atoms with Crippen molar-refractivity contribution in [1.29, 1.82) is 0 Å². The first kappa shape index (κ1) is 33.7. The smallest absolute Gasteiger partial charge is 0.321 e. The third-order valence-corrected chi connectivity index (χ3v) is 8.05. The van der Waals surface area contributed by atoms with Gasteiger partial charge in [0.15, 0.2) is 5.78 Å². The Balaban J connectivity index is 1.31. The summed E-state index contributed by atoms with van der Waals surface area (Å²) in [4.78, 5) is 61.9. The van der Waals surface area contributed by atoms with Crippen molar-refractivity contribution >= 4 is 34.5 Å². The predicted molar refractivity (Wildman–Crippen MR) is 178 cm³/mol. The summed E-state index contributed by atoms with van der Waals surface area (Å²) in [5.41, 5.74) is 3.57. The van der Waals surface area contributed by atoms with Crippen molar-refractivity contribution in [3.8, 4) is 0 Å². The minimum Gasteiger partial charge on any atom is -0.480 e. The van der Waals surface area contributed by atoms with E-state index in [0.717, 1.165) is 22.0 Å². The number of Topliss-reactive ketones (excluding diaryl/α,β-unsaturated/α-hetero) is 1. The number of rotatable bonds is 17. The van der Waals surface area contributed by atoms with Crippen LogP contribution in [0.1, 0.15) is 40.0 Å². The van der Waals surface area contributed by atoms with Crippen LogP contribution in [-0.4, -0.2) is 68.3 Å². The molecule has 2 aromatic heterocycles. The largest absolute Gasteiger partial charge is 0.480 e. The van der Waals surface area contributed by atoms with Gasteiger partial charge in [-0.15, -0.1) is 0 Å². The van der Waals surface area contributed by atoms with Crippen molar-refractivity contribution in [2.24, 2.45) is 0 Å². The summed E-state index contributed by atoms with van der Waals surface area (Å²) in [7, 11) is 0. The molecule has 12 heteroatoms. The molecule has 0 aliphatic heterocycles. The van der Waals surface area contributed by atoms with E-state index < -0.39 is 41.7 Å². The predicted octanol–water partition coefficient (Wildman–Crippen LogP) is 3.73. The van der Waals surface area contributed by atoms with Gasteiger partial charge in [-0.1, -0.05) is 48.5 Å². The summed E-state index contributed by atoms with van der Waals surface area (Å²) in [6, 6.07) is 19.7. The average molecular weight is 653 g/mol. The first-order chi connectivity index (χ1) is 23.2. The van der Waals surface area contributed by atoms with Crippen LogP contribution in [-0.2, 0) is 33.6 Å². The molecule has 6 N–H and O–H groups in total. The van der Waals surface area contributed by atoms with Gasteiger partial charge in [-0.05, 0) is 47.9 Å². The van der Waals surface area contributed by atoms with Crippen LogP contribution in [0.25, 0.3) is 10.9 Å². The van der Waals surface area contributed by atoms with Gasteiger partial charge < -0.3 is 31.0 Å². The van der Waals surface area contributed by atoms with Gasteiger partial charge in [0.1, 0.15) is 17.9 Å². The lowest BCUT2D eigenvalue weighted by atomic mass is 10.0. The highest BCUT2D eigenvalue weighted by Gasteiger charge is 2.27. The Morgan fingerprint density at radius 3 is 2.29 bits per heavy atom. The molecular formula is C36H37FN6O5. The number of carbonyl (C=O) groups is 4. The number of carboxylic acid groups (broad SMARTS) is 1. The highest BCUT2D eigenvalue weighted by atomic mass is 19.1. The van der Waals surface area contributed by atoms with Crippen molar-refractivity contribution in [1.82, 2.24) is 30.9 Å². The number of fused-ring (bicyclic) bond motifs is 1. The maximum atomic E-state index is 14.0. The van der Waals surface area contributed by atoms with Gasteiger partial charge in [0.2, 0.25) is 11.8 Å². The second-order valence-corrected chi connectivity index (χ2v) is 11.6. The van der Waals surface area contributed by atoms with E-state index in [0.29, 0.717) is 17.7 Å². The Kier molecular flexibility index (Phi) is 11.4. The zero-order valence-corrected chi connectivity index (χ0v) is 26.1. The van der Waals surface area contributed by atoms with Crippen LogP contribution in [0, 0.1) is 5.82 Å². The number of amides is 2. The molecule has 2 amide bonds. The Morgan fingerprint density at radius 2 is 1.56 bits per heavy atom. The quantitative estimate of drug-likeness (QED) is 0.0832. The summed E-state index contributed by atoms with van der Waals surface area (Å²) in [5, 5.41) is 19.7. The Labute approximate surface area is 276 Å². The normalized spacial score (nSPS) is 13.0. The van der Waals surface area contributed by atoms with E-state index in [1.165, 1.54) is 30.6 Å². The number of nitrogens with zero attached hydrogens (tertiary/aromatic N) is 1. The Morgan fingerprint density at radius 1 is 0.812 bits per heavy atom. The molecule has 48 heavy (non-hydrogen) atoms. The van der Waals surface area contributed by atoms with E-state index in [2.05, 4.69) is 30.9 Å². The van der Waals surface area contributed by atoms with Crippen LogP contribution < -0.4 is 16.0 Å². The number of hydrogen-bond acceptors (Lipinski definition) is 6. The lowest BCUT2D eigenvalue weighted by molar-refractivity contribution is -0.139. The number of ketones is 1. The van der Waals surface area contributed by atoms with Gasteiger partial charge in [0.05, 0.1) is 6.33 Å². The molecule has 0 bridgehead atoms. The van der Waals surface area contributed by atoms with Crippen LogP contribution in [0.3, 0.4) is 0 Å². The Bertz CT molecular complexity index is 1820. The monoisotopic (exact) mass is 652 g/mol. The number of aromatic amines is 2. The molecule has 3 aromatic carbocycles. The topological polar surface area (TPSA) is 169 Å². The zero-order chi connectivity index (χ0) is 33.9. The third kappa shape index (κ3) is 9.46. The number of carboxylic acids is 1. The lowest BCUT2D eigenvalue weighted by Gasteiger charge is -2.25. The fraction of sp³-hybridized carbons (Fsp3) is 0.250. The second-order valence-electron chi connectivity index (χ2n) is 11.6. The van der Waals surface area contributed by atoms with Crippen LogP contribution >= 0.6 is 0 Å². The number of imidazole rings is 1. The first-order valence-electron chi connectivity index (χ1n) is 15.7. The van der Waals surface area contributed by atoms with Crippen molar-refractivity contribution in [2.45, 2.75) is 50.2 Å². The summed E-state index contributed by atoms with van der Waals surface area (Å²) in [6.07, 6.45) is 5.28. The van der Waals surface area contributed by atoms with Gasteiger partial charge in [-0.3, -0.25) is 19.2 Å². The summed E-state index contributed by atoms with van der Waals surface area (Å²) in [5.74, 6) is -2.78. The Hall–Kier alpha value is -5.62. The van der Waals surface area contributed by atoms with Gasteiger partial charge in [0.25, 0.3) is 0 Å². The molecule has 11 nitrogen and oxygen atoms in total. The van der Waals surface area contributed by atoms with E-state index >= 15 is 0 Å². The number of nitrogens with one attached hydrogen (secondary N) is 5. The fourth-order valence-electron chi connectivity index (χ4n) is 5.53. The standard InChI is InChI=1S/C36H37FN6O5/c37-26-12-10-24(11-13-26)33(44)14-15-34(45)43-31(17-25-19-39-30-9-5-4-8-29(25)30)35(46)42-28(16-23-6-2-1-3-7-23)21-40-32(36(47)48)18-27-20-38-22-41-27/h1-13,19-20,22,28,31-32,39-40H,14-18,21H2,(H,38,41)(H,42,46)(H,43,45)(H,47,48)/t28-,31+,32+/m1/s1. The lowest BCUT2D eigenvalue weighted by Crippen LogP contribution is -2.54. The van der Waals surface area contributed by atoms with E-state index in [4.69, 9.17) is 0 Å². The number of aromatic nitrogens is 3. The summed E-state index contributed by atoms with van der Waals surface area (Å²) < 4.78 is 13.3. The summed E-state index contributed by atoms with van der Waals surface area (Å²) >= 11 is 0. The van der Waals surface area contributed by atoms with Crippen LogP contribution in [0.5, 0.6) is 0 Å². The molecule has 0 aliphatic carbocycles. The maximum Gasteiger partial charge on any atom is 0.321 e. The van der Waals surface area contributed by atoms with Gasteiger partial charge >= 0.3 is 5.97 Å². The van der Waals surface area contributed by atoms with E-state index in [1.54, 1.807) is 12.4 Å². The highest BCUT2D eigenvalue weighted by molar-refractivity contribution is 5.98. The second kappa shape index (κ2) is 16.3. The van der Waals surface area contributed by atoms with Gasteiger partial charge in [-0.2, -0.15) is 0 Å². The van der Waals surface area contributed by atoms with Crippen molar-refractivity contribution in [3.63, 3.8) is 0 Å². The number of carbonyl (C=O) groups excluding carboxylic acids is 3. The first-order valence-corrected chi connectivity index (χ1v) is 15.7. The molecular weight excluding hydrogens is 615 g/mol. The maximum absolute atomic E-state index is 14.0. The molecule has 2 heterocycles. The fourth-order valence-corrected chi connectivity index (χ4v) is 5.53. The van der Waals surface area contributed by atoms with Gasteiger partial charge in [0, 0.05) is 72.8 Å². The van der Waals surface area contributed by atoms with Crippen molar-refractivity contribution < 1.29 is 28.7 Å². The summed E-state index contributed by atoms with van der Waals surface area (Å²) in [6.45, 7) is 0.131. The van der Waals surface area contributed by atoms with Crippen LogP contribution in [0.2, 0.25) is 0 Å². The van der Waals surface area contributed by atoms with Gasteiger partial charge in [-0.25, -0.2) is 9.37 Å². The highest BCUT2D eigenvalue weighted by Crippen LogP contribution is 2.20. The average Bonchev–Trinajstić information content (AvgIpc) is 3.76. The molecule has 0 fully saturated rings. The number of benzene rings is 3. The minimum absolute atomic E-state index is 0.119. The van der Waals surface area contributed by atoms with E-state index in [-0.39, 0.29) is 38.0 Å². The molecule has 0 spiro atoms.